The summed E-state index contributed by atoms with van der Waals surface area (Å²) < 4.78 is 16.5. The second-order valence-corrected chi connectivity index (χ2v) is 6.12. The van der Waals surface area contributed by atoms with E-state index in [9.17, 15) is 4.79 Å². The predicted octanol–water partition coefficient (Wildman–Crippen LogP) is 3.79. The first-order chi connectivity index (χ1) is 12.5. The highest BCUT2D eigenvalue weighted by Crippen LogP contribution is 2.27. The fraction of sp³-hybridized carbons (Fsp3) is 0.381. The van der Waals surface area contributed by atoms with Crippen LogP contribution >= 0.6 is 0 Å². The maximum Gasteiger partial charge on any atom is 0.261 e. The Bertz CT molecular complexity index is 758. The van der Waals surface area contributed by atoms with Gasteiger partial charge in [0, 0.05) is 6.54 Å². The van der Waals surface area contributed by atoms with Crippen LogP contribution in [-0.4, -0.2) is 26.2 Å². The van der Waals surface area contributed by atoms with E-state index in [0.717, 1.165) is 22.4 Å². The lowest BCUT2D eigenvalue weighted by Crippen LogP contribution is -2.37. The third-order valence-corrected chi connectivity index (χ3v) is 4.40. The van der Waals surface area contributed by atoms with E-state index >= 15 is 0 Å². The zero-order chi connectivity index (χ0) is 19.1. The van der Waals surface area contributed by atoms with Gasteiger partial charge in [0.25, 0.3) is 5.91 Å². The Hall–Kier alpha value is -2.69. The van der Waals surface area contributed by atoms with Gasteiger partial charge < -0.3 is 19.5 Å². The molecule has 1 unspecified atom stereocenters. The summed E-state index contributed by atoms with van der Waals surface area (Å²) in [6, 6.07) is 11.4. The first-order valence-electron chi connectivity index (χ1n) is 8.71. The number of aryl methyl sites for hydroxylation is 1. The van der Waals surface area contributed by atoms with E-state index < -0.39 is 6.10 Å². The van der Waals surface area contributed by atoms with Crippen molar-refractivity contribution in [3.05, 3.63) is 53.1 Å². The maximum absolute atomic E-state index is 12.5. The van der Waals surface area contributed by atoms with Crippen LogP contribution in [0.4, 0.5) is 0 Å². The van der Waals surface area contributed by atoms with E-state index in [4.69, 9.17) is 14.2 Å². The number of methoxy groups -OCH3 is 2. The van der Waals surface area contributed by atoms with Gasteiger partial charge in [-0.15, -0.1) is 0 Å². The van der Waals surface area contributed by atoms with Crippen molar-refractivity contribution in [3.8, 4) is 17.2 Å². The highest BCUT2D eigenvalue weighted by molar-refractivity contribution is 5.81. The Morgan fingerprint density at radius 3 is 2.42 bits per heavy atom. The normalized spacial score (nSPS) is 11.6. The molecular formula is C21H27NO4. The van der Waals surface area contributed by atoms with Gasteiger partial charge in [-0.1, -0.05) is 25.1 Å². The quantitative estimate of drug-likeness (QED) is 0.781. The van der Waals surface area contributed by atoms with Crippen molar-refractivity contribution < 1.29 is 19.0 Å². The first kappa shape index (κ1) is 19.6. The Balaban J connectivity index is 2.02. The monoisotopic (exact) mass is 357 g/mol. The summed E-state index contributed by atoms with van der Waals surface area (Å²) in [5, 5.41) is 2.93. The van der Waals surface area contributed by atoms with Gasteiger partial charge in [0.1, 0.15) is 5.75 Å². The summed E-state index contributed by atoms with van der Waals surface area (Å²) in [6.45, 7) is 6.36. The van der Waals surface area contributed by atoms with Gasteiger partial charge in [-0.05, 0) is 55.2 Å². The number of hydrogen-bond donors (Lipinski definition) is 1. The molecule has 2 aromatic carbocycles. The molecule has 0 aliphatic carbocycles. The number of carbonyl (C=O) groups excluding carboxylic acids is 1. The highest BCUT2D eigenvalue weighted by Gasteiger charge is 2.19. The van der Waals surface area contributed by atoms with Crippen LogP contribution < -0.4 is 19.5 Å². The van der Waals surface area contributed by atoms with Crippen molar-refractivity contribution >= 4 is 5.91 Å². The summed E-state index contributed by atoms with van der Waals surface area (Å²) in [5.74, 6) is 1.91. The van der Waals surface area contributed by atoms with Crippen LogP contribution in [0.15, 0.2) is 36.4 Å². The topological polar surface area (TPSA) is 56.8 Å². The average molecular weight is 357 g/mol. The minimum atomic E-state index is -0.532. The van der Waals surface area contributed by atoms with Crippen LogP contribution in [0.3, 0.4) is 0 Å². The molecule has 0 saturated carbocycles. The number of amides is 1. The SMILES string of the molecule is CCC(Oc1cccc(C)c1C)C(=O)NCc1ccc(OC)c(OC)c1. The Morgan fingerprint density at radius 2 is 1.77 bits per heavy atom. The van der Waals surface area contributed by atoms with Crippen LogP contribution in [0.25, 0.3) is 0 Å². The number of nitrogens with one attached hydrogen (secondary N) is 1. The number of rotatable bonds is 8. The summed E-state index contributed by atoms with van der Waals surface area (Å²) in [5.41, 5.74) is 3.12. The van der Waals surface area contributed by atoms with E-state index in [1.165, 1.54) is 0 Å². The molecule has 2 aromatic rings. The summed E-state index contributed by atoms with van der Waals surface area (Å²) in [6.07, 6.45) is 0.0566. The second-order valence-electron chi connectivity index (χ2n) is 6.12. The van der Waals surface area contributed by atoms with Crippen molar-refractivity contribution in [2.24, 2.45) is 0 Å². The van der Waals surface area contributed by atoms with E-state index in [0.29, 0.717) is 24.5 Å². The molecule has 0 heterocycles. The Morgan fingerprint density at radius 1 is 1.04 bits per heavy atom. The predicted molar refractivity (Wildman–Crippen MR) is 102 cm³/mol. The largest absolute Gasteiger partial charge is 0.493 e. The van der Waals surface area contributed by atoms with Crippen LogP contribution in [0.1, 0.15) is 30.0 Å². The van der Waals surface area contributed by atoms with Gasteiger partial charge in [0.15, 0.2) is 17.6 Å². The van der Waals surface area contributed by atoms with Crippen LogP contribution in [0, 0.1) is 13.8 Å². The number of hydrogen-bond acceptors (Lipinski definition) is 4. The molecule has 140 valence electrons. The molecule has 1 N–H and O–H groups in total. The molecule has 0 fully saturated rings. The lowest BCUT2D eigenvalue weighted by molar-refractivity contribution is -0.128. The third-order valence-electron chi connectivity index (χ3n) is 4.40. The molecular weight excluding hydrogens is 330 g/mol. The smallest absolute Gasteiger partial charge is 0.261 e. The molecule has 5 heteroatoms. The molecule has 0 radical (unpaired) electrons. The highest BCUT2D eigenvalue weighted by atomic mass is 16.5. The average Bonchev–Trinajstić information content (AvgIpc) is 2.66. The molecule has 0 spiro atoms. The first-order valence-corrected chi connectivity index (χ1v) is 8.71. The van der Waals surface area contributed by atoms with Crippen molar-refractivity contribution in [3.63, 3.8) is 0 Å². The summed E-state index contributed by atoms with van der Waals surface area (Å²) >= 11 is 0. The molecule has 0 saturated heterocycles. The molecule has 0 bridgehead atoms. The van der Waals surface area contributed by atoms with Crippen molar-refractivity contribution in [1.29, 1.82) is 0 Å². The van der Waals surface area contributed by atoms with E-state index in [1.54, 1.807) is 14.2 Å². The fourth-order valence-electron chi connectivity index (χ4n) is 2.62. The van der Waals surface area contributed by atoms with Crippen molar-refractivity contribution in [2.45, 2.75) is 39.8 Å². The maximum atomic E-state index is 12.5. The summed E-state index contributed by atoms with van der Waals surface area (Å²) in [7, 11) is 3.18. The van der Waals surface area contributed by atoms with E-state index in [2.05, 4.69) is 5.32 Å². The van der Waals surface area contributed by atoms with Gasteiger partial charge in [-0.3, -0.25) is 4.79 Å². The van der Waals surface area contributed by atoms with Crippen LogP contribution in [0.5, 0.6) is 17.2 Å². The molecule has 0 aromatic heterocycles. The van der Waals surface area contributed by atoms with Gasteiger partial charge in [-0.25, -0.2) is 0 Å². The molecule has 5 nitrogen and oxygen atoms in total. The van der Waals surface area contributed by atoms with Crippen molar-refractivity contribution in [2.75, 3.05) is 14.2 Å². The standard InChI is InChI=1S/C21H27NO4/c1-6-17(26-18-9-7-8-14(2)15(18)3)21(23)22-13-16-10-11-19(24-4)20(12-16)25-5/h7-12,17H,6,13H2,1-5H3,(H,22,23). The number of benzene rings is 2. The van der Waals surface area contributed by atoms with Gasteiger partial charge in [0.2, 0.25) is 0 Å². The van der Waals surface area contributed by atoms with Gasteiger partial charge in [-0.2, -0.15) is 0 Å². The molecule has 2 rings (SSSR count). The summed E-state index contributed by atoms with van der Waals surface area (Å²) in [4.78, 5) is 12.5. The zero-order valence-corrected chi connectivity index (χ0v) is 16.1. The molecule has 1 amide bonds. The lowest BCUT2D eigenvalue weighted by Gasteiger charge is -2.19. The van der Waals surface area contributed by atoms with Crippen molar-refractivity contribution in [1.82, 2.24) is 5.32 Å². The zero-order valence-electron chi connectivity index (χ0n) is 16.1. The lowest BCUT2D eigenvalue weighted by atomic mass is 10.1. The molecule has 0 aliphatic heterocycles. The molecule has 1 atom stereocenters. The Labute approximate surface area is 155 Å². The third kappa shape index (κ3) is 4.69. The minimum absolute atomic E-state index is 0.136. The van der Waals surface area contributed by atoms with Gasteiger partial charge >= 0.3 is 0 Å². The molecule has 0 aliphatic rings. The second kappa shape index (κ2) is 9.13. The van der Waals surface area contributed by atoms with Crippen LogP contribution in [-0.2, 0) is 11.3 Å². The van der Waals surface area contributed by atoms with E-state index in [1.807, 2.05) is 57.2 Å². The van der Waals surface area contributed by atoms with Crippen LogP contribution in [0.2, 0.25) is 0 Å². The Kier molecular flexibility index (Phi) is 6.89. The van der Waals surface area contributed by atoms with E-state index in [-0.39, 0.29) is 5.91 Å². The van der Waals surface area contributed by atoms with Gasteiger partial charge in [0.05, 0.1) is 14.2 Å². The minimum Gasteiger partial charge on any atom is -0.493 e. The number of carbonyl (C=O) groups is 1. The fourth-order valence-corrected chi connectivity index (χ4v) is 2.62. The molecule has 26 heavy (non-hydrogen) atoms. The number of ether oxygens (including phenoxy) is 3.